The second-order valence-electron chi connectivity index (χ2n) is 6.18. The highest BCUT2D eigenvalue weighted by Gasteiger charge is 2.36. The van der Waals surface area contributed by atoms with Crippen molar-refractivity contribution in [3.63, 3.8) is 0 Å². The topological polar surface area (TPSA) is 121 Å². The lowest BCUT2D eigenvalue weighted by Crippen LogP contribution is -2.31. The number of anilines is 1. The highest BCUT2D eigenvalue weighted by molar-refractivity contribution is 8.03. The van der Waals surface area contributed by atoms with Crippen LogP contribution in [-0.4, -0.2) is 17.6 Å². The summed E-state index contributed by atoms with van der Waals surface area (Å²) in [4.78, 5) is 24.3. The van der Waals surface area contributed by atoms with E-state index in [9.17, 15) is 14.9 Å². The molecular weight excluding hydrogens is 412 g/mol. The molecule has 1 aromatic heterocycles. The number of nitrogens with two attached hydrogens (primary N) is 1. The Labute approximate surface area is 176 Å². The Balaban J connectivity index is 1.99. The van der Waals surface area contributed by atoms with E-state index in [0.717, 1.165) is 11.8 Å². The van der Waals surface area contributed by atoms with E-state index >= 15 is 0 Å². The maximum Gasteiger partial charge on any atom is 0.254 e. The third-order valence-electron chi connectivity index (χ3n) is 4.18. The highest BCUT2D eigenvalue weighted by Crippen LogP contribution is 2.41. The Kier molecular flexibility index (Phi) is 6.32. The predicted molar refractivity (Wildman–Crippen MR) is 112 cm³/mol. The van der Waals surface area contributed by atoms with Crippen LogP contribution in [0, 0.1) is 11.3 Å². The van der Waals surface area contributed by atoms with Gasteiger partial charge in [-0.2, -0.15) is 5.26 Å². The van der Waals surface area contributed by atoms with Crippen LogP contribution in [0.2, 0.25) is 5.02 Å². The van der Waals surface area contributed by atoms with Crippen molar-refractivity contribution in [2.24, 2.45) is 5.73 Å². The van der Waals surface area contributed by atoms with Crippen LogP contribution < -0.4 is 16.4 Å². The minimum atomic E-state index is -0.723. The molecule has 1 unspecified atom stereocenters. The van der Waals surface area contributed by atoms with Crippen LogP contribution in [0.4, 0.5) is 5.69 Å². The minimum absolute atomic E-state index is 0.00201. The molecule has 2 heterocycles. The number of hydrogen-bond donors (Lipinski definition) is 3. The summed E-state index contributed by atoms with van der Waals surface area (Å²) >= 11 is 7.01. The van der Waals surface area contributed by atoms with E-state index in [0.29, 0.717) is 32.8 Å². The summed E-state index contributed by atoms with van der Waals surface area (Å²) in [7, 11) is 0. The van der Waals surface area contributed by atoms with Gasteiger partial charge in [0.2, 0.25) is 5.91 Å². The molecule has 0 bridgehead atoms. The second kappa shape index (κ2) is 8.90. The number of allylic oxidation sites excluding steroid dienone is 2. The van der Waals surface area contributed by atoms with Crippen LogP contribution in [0.1, 0.15) is 18.6 Å². The number of halogens is 1. The lowest BCUT2D eigenvalue weighted by atomic mass is 9.85. The van der Waals surface area contributed by atoms with Crippen molar-refractivity contribution in [3.8, 4) is 6.07 Å². The van der Waals surface area contributed by atoms with Crippen LogP contribution in [0.15, 0.2) is 69.0 Å². The van der Waals surface area contributed by atoms with Gasteiger partial charge >= 0.3 is 0 Å². The van der Waals surface area contributed by atoms with Gasteiger partial charge in [0, 0.05) is 16.4 Å². The molecule has 3 rings (SSSR count). The smallest absolute Gasteiger partial charge is 0.254 e. The first-order valence-electron chi connectivity index (χ1n) is 8.54. The summed E-state index contributed by atoms with van der Waals surface area (Å²) in [6.45, 7) is 1.73. The number of thioether (sulfide) groups is 1. The number of benzene rings is 1. The molecule has 2 amide bonds. The maximum absolute atomic E-state index is 13.1. The number of furan rings is 1. The number of hydrogen-bond acceptors (Lipinski definition) is 6. The molecule has 0 radical (unpaired) electrons. The van der Waals surface area contributed by atoms with Gasteiger partial charge < -0.3 is 20.8 Å². The number of nitriles is 1. The van der Waals surface area contributed by atoms with E-state index in [1.165, 1.54) is 6.26 Å². The third kappa shape index (κ3) is 4.65. The number of carbonyl (C=O) groups is 2. The zero-order chi connectivity index (χ0) is 21.0. The van der Waals surface area contributed by atoms with Gasteiger partial charge in [0.15, 0.2) is 0 Å². The molecule has 9 heteroatoms. The van der Waals surface area contributed by atoms with E-state index in [1.807, 2.05) is 0 Å². The van der Waals surface area contributed by atoms with E-state index in [1.54, 1.807) is 43.3 Å². The summed E-state index contributed by atoms with van der Waals surface area (Å²) in [6, 6.07) is 12.2. The Morgan fingerprint density at radius 2 is 2.07 bits per heavy atom. The average Bonchev–Trinajstić information content (AvgIpc) is 3.21. The Hall–Kier alpha value is -3.15. The van der Waals surface area contributed by atoms with Crippen LogP contribution in [0.3, 0.4) is 0 Å². The Morgan fingerprint density at radius 1 is 1.34 bits per heavy atom. The lowest BCUT2D eigenvalue weighted by Gasteiger charge is -2.28. The molecule has 1 atom stereocenters. The molecule has 148 valence electrons. The second-order valence-corrected chi connectivity index (χ2v) is 7.60. The fourth-order valence-corrected chi connectivity index (χ4v) is 3.90. The molecule has 29 heavy (non-hydrogen) atoms. The van der Waals surface area contributed by atoms with Crippen molar-refractivity contribution >= 4 is 40.9 Å². The summed E-state index contributed by atoms with van der Waals surface area (Å²) < 4.78 is 5.53. The van der Waals surface area contributed by atoms with Crippen molar-refractivity contribution in [2.75, 3.05) is 11.1 Å². The Morgan fingerprint density at radius 3 is 2.66 bits per heavy atom. The highest BCUT2D eigenvalue weighted by atomic mass is 35.5. The van der Waals surface area contributed by atoms with Crippen LogP contribution in [-0.2, 0) is 9.59 Å². The quantitative estimate of drug-likeness (QED) is 0.647. The first-order chi connectivity index (χ1) is 13.9. The number of nitrogens with one attached hydrogen (secondary N) is 2. The van der Waals surface area contributed by atoms with E-state index in [4.69, 9.17) is 21.8 Å². The van der Waals surface area contributed by atoms with Crippen molar-refractivity contribution in [2.45, 2.75) is 12.8 Å². The number of carbonyl (C=O) groups excluding carboxylic acids is 2. The predicted octanol–water partition coefficient (Wildman–Crippen LogP) is 3.49. The van der Waals surface area contributed by atoms with Gasteiger partial charge in [-0.15, -0.1) is 0 Å². The zero-order valence-corrected chi connectivity index (χ0v) is 16.9. The van der Waals surface area contributed by atoms with Crippen LogP contribution in [0.5, 0.6) is 0 Å². The van der Waals surface area contributed by atoms with Gasteiger partial charge in [-0.3, -0.25) is 9.59 Å². The van der Waals surface area contributed by atoms with Crippen molar-refractivity contribution in [1.82, 2.24) is 5.32 Å². The Bertz CT molecular complexity index is 1040. The molecule has 1 aromatic carbocycles. The SMILES string of the molecule is CC1=C(C(=O)Nc2ccc(Cl)cc2)C(c2ccco2)C(C#N)=C(SCC(N)=O)N1. The minimum Gasteiger partial charge on any atom is -0.468 e. The van der Waals surface area contributed by atoms with E-state index < -0.39 is 11.8 Å². The van der Waals surface area contributed by atoms with Crippen molar-refractivity contribution < 1.29 is 14.0 Å². The zero-order valence-electron chi connectivity index (χ0n) is 15.4. The van der Waals surface area contributed by atoms with Gasteiger partial charge in [-0.05, 0) is 43.3 Å². The molecule has 7 nitrogen and oxygen atoms in total. The molecule has 0 saturated heterocycles. The largest absolute Gasteiger partial charge is 0.468 e. The summed E-state index contributed by atoms with van der Waals surface area (Å²) in [5.41, 5.74) is 6.96. The van der Waals surface area contributed by atoms with Gasteiger partial charge in [-0.25, -0.2) is 0 Å². The summed E-state index contributed by atoms with van der Waals surface area (Å²) in [5, 5.41) is 16.7. The molecule has 0 aliphatic carbocycles. The average molecular weight is 429 g/mol. The number of dihydropyridines is 1. The van der Waals surface area contributed by atoms with Crippen LogP contribution >= 0.6 is 23.4 Å². The van der Waals surface area contributed by atoms with Crippen molar-refractivity contribution in [1.29, 1.82) is 5.26 Å². The number of primary amides is 1. The summed E-state index contributed by atoms with van der Waals surface area (Å²) in [5.74, 6) is -1.17. The molecule has 2 aromatic rings. The number of amides is 2. The van der Waals surface area contributed by atoms with E-state index in [2.05, 4.69) is 16.7 Å². The molecule has 0 saturated carbocycles. The molecule has 0 spiro atoms. The summed E-state index contributed by atoms with van der Waals surface area (Å²) in [6.07, 6.45) is 1.48. The molecule has 4 N–H and O–H groups in total. The fourth-order valence-electron chi connectivity index (χ4n) is 2.94. The normalized spacial score (nSPS) is 16.2. The first kappa shape index (κ1) is 20.6. The molecule has 0 fully saturated rings. The molecule has 1 aliphatic heterocycles. The van der Waals surface area contributed by atoms with E-state index in [-0.39, 0.29) is 17.2 Å². The molecule has 1 aliphatic rings. The third-order valence-corrected chi connectivity index (χ3v) is 5.47. The molecular formula is C20H17ClN4O3S. The maximum atomic E-state index is 13.1. The monoisotopic (exact) mass is 428 g/mol. The number of rotatable bonds is 6. The van der Waals surface area contributed by atoms with Crippen molar-refractivity contribution in [3.05, 3.63) is 75.3 Å². The fraction of sp³-hybridized carbons (Fsp3) is 0.150. The van der Waals surface area contributed by atoms with Gasteiger partial charge in [0.05, 0.1) is 40.2 Å². The first-order valence-corrected chi connectivity index (χ1v) is 9.90. The van der Waals surface area contributed by atoms with Crippen LogP contribution in [0.25, 0.3) is 0 Å². The number of nitrogens with zero attached hydrogens (tertiary/aromatic N) is 1. The van der Waals surface area contributed by atoms with Gasteiger partial charge in [0.1, 0.15) is 5.76 Å². The lowest BCUT2D eigenvalue weighted by molar-refractivity contribution is -0.115. The van der Waals surface area contributed by atoms with Gasteiger partial charge in [-0.1, -0.05) is 23.4 Å². The standard InChI is InChI=1S/C20H17ClN4O3S/c1-11-17(19(27)25-13-6-4-12(21)5-7-13)18(15-3-2-8-28-15)14(9-22)20(24-11)29-10-16(23)26/h2-8,18,24H,10H2,1H3,(H2,23,26)(H,25,27). The van der Waals surface area contributed by atoms with Gasteiger partial charge in [0.25, 0.3) is 5.91 Å².